The molecule has 1 N–H and O–H groups in total. The third-order valence-electron chi connectivity index (χ3n) is 3.99. The summed E-state index contributed by atoms with van der Waals surface area (Å²) in [6.45, 7) is 4.30. The van der Waals surface area contributed by atoms with Crippen molar-refractivity contribution in [1.82, 2.24) is 0 Å². The summed E-state index contributed by atoms with van der Waals surface area (Å²) in [5, 5.41) is 14.2. The second kappa shape index (κ2) is 5.15. The number of halogens is 1. The summed E-state index contributed by atoms with van der Waals surface area (Å²) in [5.41, 5.74) is 0.283. The lowest BCUT2D eigenvalue weighted by atomic mass is 9.73. The molecule has 5 heteroatoms. The maximum Gasteiger partial charge on any atom is 0.292 e. The van der Waals surface area contributed by atoms with Crippen LogP contribution in [-0.2, 0) is 0 Å². The molecule has 2 rings (SSSR count). The van der Waals surface area contributed by atoms with Gasteiger partial charge in [0, 0.05) is 18.2 Å². The zero-order chi connectivity index (χ0) is 14.0. The molecule has 1 unspecified atom stereocenters. The van der Waals surface area contributed by atoms with E-state index in [1.54, 1.807) is 0 Å². The molecule has 1 aromatic rings. The molecule has 0 heterocycles. The molecule has 19 heavy (non-hydrogen) atoms. The molecule has 0 radical (unpaired) electrons. The van der Waals surface area contributed by atoms with E-state index in [0.717, 1.165) is 25.3 Å². The van der Waals surface area contributed by atoms with E-state index in [9.17, 15) is 14.5 Å². The highest BCUT2D eigenvalue weighted by molar-refractivity contribution is 5.62. The van der Waals surface area contributed by atoms with Gasteiger partial charge in [-0.05, 0) is 24.3 Å². The van der Waals surface area contributed by atoms with Crippen LogP contribution in [0.25, 0.3) is 0 Å². The molecule has 0 amide bonds. The monoisotopic (exact) mass is 266 g/mol. The van der Waals surface area contributed by atoms with Gasteiger partial charge in [0.1, 0.15) is 11.5 Å². The second-order valence-electron chi connectivity index (χ2n) is 5.85. The Kier molecular flexibility index (Phi) is 3.73. The van der Waals surface area contributed by atoms with Gasteiger partial charge in [0.2, 0.25) is 0 Å². The van der Waals surface area contributed by atoms with Crippen molar-refractivity contribution in [3.05, 3.63) is 34.1 Å². The first-order valence-electron chi connectivity index (χ1n) is 6.60. The van der Waals surface area contributed by atoms with Gasteiger partial charge in [-0.2, -0.15) is 0 Å². The van der Waals surface area contributed by atoms with E-state index in [0.29, 0.717) is 0 Å². The van der Waals surface area contributed by atoms with Crippen molar-refractivity contribution in [1.29, 1.82) is 0 Å². The van der Waals surface area contributed by atoms with E-state index < -0.39 is 10.7 Å². The molecule has 0 saturated heterocycles. The Morgan fingerprint density at radius 3 is 2.79 bits per heavy atom. The van der Waals surface area contributed by atoms with Gasteiger partial charge in [-0.15, -0.1) is 0 Å². The molecule has 1 saturated carbocycles. The Labute approximate surface area is 112 Å². The molecule has 1 aliphatic rings. The Hall–Kier alpha value is -1.65. The van der Waals surface area contributed by atoms with Crippen LogP contribution in [-0.4, -0.2) is 11.0 Å². The quantitative estimate of drug-likeness (QED) is 0.661. The third kappa shape index (κ3) is 3.03. The average molecular weight is 266 g/mol. The first kappa shape index (κ1) is 13.8. The second-order valence-corrected chi connectivity index (χ2v) is 5.85. The van der Waals surface area contributed by atoms with Crippen LogP contribution in [0.5, 0.6) is 0 Å². The normalized spacial score (nSPS) is 21.9. The van der Waals surface area contributed by atoms with Gasteiger partial charge >= 0.3 is 0 Å². The van der Waals surface area contributed by atoms with Gasteiger partial charge in [0.25, 0.3) is 5.69 Å². The summed E-state index contributed by atoms with van der Waals surface area (Å²) in [5.74, 6) is -0.457. The highest BCUT2D eigenvalue weighted by Gasteiger charge is 2.33. The smallest absolute Gasteiger partial charge is 0.292 e. The van der Waals surface area contributed by atoms with E-state index >= 15 is 0 Å². The van der Waals surface area contributed by atoms with Crippen LogP contribution in [0.4, 0.5) is 15.8 Å². The molecule has 1 atom stereocenters. The van der Waals surface area contributed by atoms with Gasteiger partial charge in [0.15, 0.2) is 0 Å². The fourth-order valence-electron chi connectivity index (χ4n) is 2.73. The van der Waals surface area contributed by atoms with Crippen LogP contribution in [0.15, 0.2) is 18.2 Å². The first-order chi connectivity index (χ1) is 8.90. The van der Waals surface area contributed by atoms with Gasteiger partial charge in [0.05, 0.1) is 4.92 Å². The lowest BCUT2D eigenvalue weighted by molar-refractivity contribution is -0.384. The largest absolute Gasteiger partial charge is 0.376 e. The van der Waals surface area contributed by atoms with E-state index in [1.807, 2.05) is 0 Å². The van der Waals surface area contributed by atoms with E-state index in [4.69, 9.17) is 0 Å². The van der Waals surface area contributed by atoms with Crippen LogP contribution >= 0.6 is 0 Å². The Morgan fingerprint density at radius 2 is 2.16 bits per heavy atom. The van der Waals surface area contributed by atoms with Crippen molar-refractivity contribution in [3.8, 4) is 0 Å². The fraction of sp³-hybridized carbons (Fsp3) is 0.571. The van der Waals surface area contributed by atoms with Crippen LogP contribution in [0.2, 0.25) is 0 Å². The summed E-state index contributed by atoms with van der Waals surface area (Å²) in [4.78, 5) is 10.5. The van der Waals surface area contributed by atoms with Gasteiger partial charge < -0.3 is 5.32 Å². The number of rotatable bonds is 3. The number of nitro groups is 1. The zero-order valence-electron chi connectivity index (χ0n) is 11.3. The standard InChI is InChI=1S/C14H19FN2O2/c1-14(2)8-4-3-5-13(14)16-11-9-10(15)6-7-12(11)17(18)19/h6-7,9,13,16H,3-5,8H2,1-2H3. The predicted octanol–water partition coefficient (Wildman–Crippen LogP) is 4.11. The molecule has 0 aromatic heterocycles. The number of hydrogen-bond acceptors (Lipinski definition) is 3. The molecular formula is C14H19FN2O2. The van der Waals surface area contributed by atoms with E-state index in [2.05, 4.69) is 19.2 Å². The Bertz CT molecular complexity index is 488. The van der Waals surface area contributed by atoms with Crippen LogP contribution < -0.4 is 5.32 Å². The third-order valence-corrected chi connectivity index (χ3v) is 3.99. The van der Waals surface area contributed by atoms with E-state index in [-0.39, 0.29) is 22.8 Å². The van der Waals surface area contributed by atoms with Crippen LogP contribution in [0.3, 0.4) is 0 Å². The minimum Gasteiger partial charge on any atom is -0.376 e. The molecular weight excluding hydrogens is 247 g/mol. The average Bonchev–Trinajstić information content (AvgIpc) is 2.31. The van der Waals surface area contributed by atoms with Crippen molar-refractivity contribution in [2.45, 2.75) is 45.6 Å². The molecule has 0 spiro atoms. The highest BCUT2D eigenvalue weighted by atomic mass is 19.1. The topological polar surface area (TPSA) is 55.2 Å². The van der Waals surface area contributed by atoms with Crippen molar-refractivity contribution in [3.63, 3.8) is 0 Å². The summed E-state index contributed by atoms with van der Waals surface area (Å²) in [6.07, 6.45) is 4.31. The van der Waals surface area contributed by atoms with Gasteiger partial charge in [-0.1, -0.05) is 26.7 Å². The lowest BCUT2D eigenvalue weighted by Crippen LogP contribution is -2.39. The molecule has 1 aromatic carbocycles. The zero-order valence-corrected chi connectivity index (χ0v) is 11.3. The number of nitrogens with one attached hydrogen (secondary N) is 1. The minimum absolute atomic E-state index is 0.0669. The molecule has 1 fully saturated rings. The molecule has 1 aliphatic carbocycles. The van der Waals surface area contributed by atoms with Crippen molar-refractivity contribution >= 4 is 11.4 Å². The molecule has 104 valence electrons. The van der Waals surface area contributed by atoms with Crippen molar-refractivity contribution in [2.75, 3.05) is 5.32 Å². The predicted molar refractivity (Wildman–Crippen MR) is 72.7 cm³/mol. The van der Waals surface area contributed by atoms with Crippen LogP contribution in [0.1, 0.15) is 39.5 Å². The maximum absolute atomic E-state index is 13.3. The molecule has 0 bridgehead atoms. The van der Waals surface area contributed by atoms with E-state index in [1.165, 1.54) is 18.6 Å². The Balaban J connectivity index is 2.27. The number of anilines is 1. The summed E-state index contributed by atoms with van der Waals surface area (Å²) < 4.78 is 13.3. The summed E-state index contributed by atoms with van der Waals surface area (Å²) >= 11 is 0. The maximum atomic E-state index is 13.3. The van der Waals surface area contributed by atoms with Crippen molar-refractivity contribution < 1.29 is 9.31 Å². The molecule has 4 nitrogen and oxygen atoms in total. The van der Waals surface area contributed by atoms with Gasteiger partial charge in [-0.25, -0.2) is 4.39 Å². The summed E-state index contributed by atoms with van der Waals surface area (Å²) in [6, 6.07) is 3.69. The Morgan fingerprint density at radius 1 is 1.42 bits per heavy atom. The number of hydrogen-bond donors (Lipinski definition) is 1. The highest BCUT2D eigenvalue weighted by Crippen LogP contribution is 2.38. The first-order valence-corrected chi connectivity index (χ1v) is 6.60. The fourth-order valence-corrected chi connectivity index (χ4v) is 2.73. The van der Waals surface area contributed by atoms with Gasteiger partial charge in [-0.3, -0.25) is 10.1 Å². The number of nitro benzene ring substituents is 1. The van der Waals surface area contributed by atoms with Crippen LogP contribution in [0, 0.1) is 21.3 Å². The SMILES string of the molecule is CC1(C)CCCCC1Nc1cc(F)ccc1[N+](=O)[O-]. The van der Waals surface area contributed by atoms with Crippen molar-refractivity contribution in [2.24, 2.45) is 5.41 Å². The lowest BCUT2D eigenvalue weighted by Gasteiger charge is -2.39. The number of benzene rings is 1. The minimum atomic E-state index is -0.475. The molecule has 0 aliphatic heterocycles. The number of nitrogens with zero attached hydrogens (tertiary/aromatic N) is 1. The summed E-state index contributed by atoms with van der Waals surface area (Å²) in [7, 11) is 0.